The van der Waals surface area contributed by atoms with Crippen molar-refractivity contribution in [3.05, 3.63) is 17.5 Å². The van der Waals surface area contributed by atoms with Gasteiger partial charge < -0.3 is 10.0 Å². The van der Waals surface area contributed by atoms with Crippen molar-refractivity contribution < 1.29 is 14.7 Å². The Labute approximate surface area is 136 Å². The third-order valence-corrected chi connectivity index (χ3v) is 5.09. The van der Waals surface area contributed by atoms with Crippen molar-refractivity contribution in [2.75, 3.05) is 13.1 Å². The van der Waals surface area contributed by atoms with E-state index in [9.17, 15) is 14.7 Å². The number of carbonyl (C=O) groups is 2. The highest BCUT2D eigenvalue weighted by molar-refractivity contribution is 5.95. The lowest BCUT2D eigenvalue weighted by molar-refractivity contribution is -0.143. The van der Waals surface area contributed by atoms with Gasteiger partial charge in [0.05, 0.1) is 23.4 Å². The van der Waals surface area contributed by atoms with Crippen LogP contribution in [-0.4, -0.2) is 44.8 Å². The molecule has 6 nitrogen and oxygen atoms in total. The number of hydrogen-bond donors (Lipinski definition) is 1. The van der Waals surface area contributed by atoms with Crippen LogP contribution in [0.3, 0.4) is 0 Å². The quantitative estimate of drug-likeness (QED) is 0.905. The summed E-state index contributed by atoms with van der Waals surface area (Å²) in [6.07, 6.45) is 6.29. The predicted octanol–water partition coefficient (Wildman–Crippen LogP) is 2.67. The molecule has 1 aliphatic heterocycles. The van der Waals surface area contributed by atoms with Crippen LogP contribution >= 0.6 is 0 Å². The Morgan fingerprint density at radius 3 is 2.74 bits per heavy atom. The largest absolute Gasteiger partial charge is 0.481 e. The number of aliphatic carboxylic acids is 1. The molecule has 1 unspecified atom stereocenters. The monoisotopic (exact) mass is 319 g/mol. The molecule has 2 aliphatic rings. The predicted molar refractivity (Wildman–Crippen MR) is 85.5 cm³/mol. The highest BCUT2D eigenvalue weighted by Crippen LogP contribution is 2.43. The molecule has 1 aromatic heterocycles. The maximum atomic E-state index is 12.9. The summed E-state index contributed by atoms with van der Waals surface area (Å²) < 4.78 is 2.00. The van der Waals surface area contributed by atoms with Gasteiger partial charge in [-0.05, 0) is 39.0 Å². The van der Waals surface area contributed by atoms with E-state index in [2.05, 4.69) is 18.9 Å². The Morgan fingerprint density at radius 1 is 1.39 bits per heavy atom. The molecule has 2 fully saturated rings. The molecular formula is C17H25N3O3. The number of carboxylic acids is 1. The van der Waals surface area contributed by atoms with Gasteiger partial charge in [0.15, 0.2) is 0 Å². The normalized spacial score (nSPS) is 22.9. The van der Waals surface area contributed by atoms with Crippen molar-refractivity contribution >= 4 is 11.9 Å². The molecule has 1 saturated heterocycles. The zero-order valence-corrected chi connectivity index (χ0v) is 13.9. The topological polar surface area (TPSA) is 75.4 Å². The molecule has 2 heterocycles. The zero-order valence-electron chi connectivity index (χ0n) is 13.9. The van der Waals surface area contributed by atoms with Crippen LogP contribution in [0, 0.1) is 5.92 Å². The van der Waals surface area contributed by atoms with E-state index in [0.717, 1.165) is 31.4 Å². The number of likely N-dealkylation sites (tertiary alicyclic amines) is 1. The summed E-state index contributed by atoms with van der Waals surface area (Å²) in [5.41, 5.74) is 1.74. The van der Waals surface area contributed by atoms with Crippen LogP contribution in [0.1, 0.15) is 74.0 Å². The molecule has 0 aromatic carbocycles. The first kappa shape index (κ1) is 16.0. The summed E-state index contributed by atoms with van der Waals surface area (Å²) in [6, 6.07) is 0.278. The van der Waals surface area contributed by atoms with Gasteiger partial charge in [-0.1, -0.05) is 6.92 Å². The second kappa shape index (κ2) is 6.34. The van der Waals surface area contributed by atoms with Crippen molar-refractivity contribution in [2.45, 2.75) is 57.9 Å². The van der Waals surface area contributed by atoms with E-state index in [0.29, 0.717) is 31.0 Å². The standard InChI is InChI=1S/C17H25N3O3/c1-3-11(2)20-15(12-6-7-12)14(9-18-20)16(21)19-8-4-5-13(10-19)17(22)23/h9,11-13H,3-8,10H2,1-2H3,(H,22,23)/t11?,13-/m0/s1. The highest BCUT2D eigenvalue weighted by atomic mass is 16.4. The van der Waals surface area contributed by atoms with Gasteiger partial charge in [-0.25, -0.2) is 0 Å². The van der Waals surface area contributed by atoms with Gasteiger partial charge in [0, 0.05) is 25.0 Å². The van der Waals surface area contributed by atoms with Gasteiger partial charge in [-0.15, -0.1) is 0 Å². The molecule has 3 rings (SSSR count). The summed E-state index contributed by atoms with van der Waals surface area (Å²) in [5.74, 6) is -0.861. The fourth-order valence-corrected chi connectivity index (χ4v) is 3.36. The molecule has 23 heavy (non-hydrogen) atoms. The molecule has 1 aromatic rings. The number of carboxylic acid groups (broad SMARTS) is 1. The molecule has 0 radical (unpaired) electrons. The second-order valence-electron chi connectivity index (χ2n) is 6.85. The number of aromatic nitrogens is 2. The summed E-state index contributed by atoms with van der Waals surface area (Å²) in [5, 5.41) is 13.7. The first-order chi connectivity index (χ1) is 11.0. The van der Waals surface area contributed by atoms with Crippen LogP contribution in [0.4, 0.5) is 0 Å². The lowest BCUT2D eigenvalue weighted by Crippen LogP contribution is -2.42. The van der Waals surface area contributed by atoms with Crippen LogP contribution < -0.4 is 0 Å². The maximum absolute atomic E-state index is 12.9. The van der Waals surface area contributed by atoms with E-state index in [-0.39, 0.29) is 11.9 Å². The van der Waals surface area contributed by atoms with Gasteiger partial charge >= 0.3 is 5.97 Å². The third-order valence-electron chi connectivity index (χ3n) is 5.09. The Hall–Kier alpha value is -1.85. The van der Waals surface area contributed by atoms with Crippen LogP contribution in [0.25, 0.3) is 0 Å². The Balaban J connectivity index is 1.85. The fourth-order valence-electron chi connectivity index (χ4n) is 3.36. The van der Waals surface area contributed by atoms with Gasteiger partial charge in [0.2, 0.25) is 0 Å². The van der Waals surface area contributed by atoms with Crippen LogP contribution in [0.2, 0.25) is 0 Å². The Morgan fingerprint density at radius 2 is 2.13 bits per heavy atom. The molecule has 1 amide bonds. The van der Waals surface area contributed by atoms with E-state index >= 15 is 0 Å². The maximum Gasteiger partial charge on any atom is 0.308 e. The summed E-state index contributed by atoms with van der Waals surface area (Å²) in [4.78, 5) is 25.8. The molecule has 1 saturated carbocycles. The summed E-state index contributed by atoms with van der Waals surface area (Å²) in [6.45, 7) is 5.19. The SMILES string of the molecule is CCC(C)n1ncc(C(=O)N2CCC[C@H](C(=O)O)C2)c1C1CC1. The minimum atomic E-state index is -0.805. The van der Waals surface area contributed by atoms with E-state index in [1.165, 1.54) is 0 Å². The van der Waals surface area contributed by atoms with Crippen molar-refractivity contribution in [2.24, 2.45) is 5.92 Å². The van der Waals surface area contributed by atoms with E-state index in [1.807, 2.05) is 4.68 Å². The average molecular weight is 319 g/mol. The molecule has 2 atom stereocenters. The zero-order chi connectivity index (χ0) is 16.6. The lowest BCUT2D eigenvalue weighted by Gasteiger charge is -2.30. The molecule has 1 N–H and O–H groups in total. The number of rotatable bonds is 5. The molecule has 0 spiro atoms. The van der Waals surface area contributed by atoms with Crippen LogP contribution in [0.5, 0.6) is 0 Å². The van der Waals surface area contributed by atoms with Gasteiger partial charge in [-0.2, -0.15) is 5.10 Å². The van der Waals surface area contributed by atoms with Crippen molar-refractivity contribution in [3.8, 4) is 0 Å². The smallest absolute Gasteiger partial charge is 0.308 e. The molecule has 0 bridgehead atoms. The summed E-state index contributed by atoms with van der Waals surface area (Å²) in [7, 11) is 0. The van der Waals surface area contributed by atoms with Crippen LogP contribution in [0.15, 0.2) is 6.20 Å². The first-order valence-corrected chi connectivity index (χ1v) is 8.62. The van der Waals surface area contributed by atoms with Gasteiger partial charge in [0.25, 0.3) is 5.91 Å². The number of nitrogens with zero attached hydrogens (tertiary/aromatic N) is 3. The first-order valence-electron chi connectivity index (χ1n) is 8.62. The number of carbonyl (C=O) groups excluding carboxylic acids is 1. The van der Waals surface area contributed by atoms with E-state index in [4.69, 9.17) is 0 Å². The summed E-state index contributed by atoms with van der Waals surface area (Å²) >= 11 is 0. The van der Waals surface area contributed by atoms with E-state index in [1.54, 1.807) is 11.1 Å². The van der Waals surface area contributed by atoms with Crippen molar-refractivity contribution in [1.82, 2.24) is 14.7 Å². The van der Waals surface area contributed by atoms with Crippen molar-refractivity contribution in [3.63, 3.8) is 0 Å². The molecule has 6 heteroatoms. The van der Waals surface area contributed by atoms with E-state index < -0.39 is 11.9 Å². The third kappa shape index (κ3) is 3.12. The number of amides is 1. The second-order valence-corrected chi connectivity index (χ2v) is 6.85. The highest BCUT2D eigenvalue weighted by Gasteiger charge is 2.36. The minimum absolute atomic E-state index is 0.0487. The van der Waals surface area contributed by atoms with Crippen LogP contribution in [-0.2, 0) is 4.79 Å². The number of hydrogen-bond acceptors (Lipinski definition) is 3. The minimum Gasteiger partial charge on any atom is -0.481 e. The average Bonchev–Trinajstić information content (AvgIpc) is 3.31. The Bertz CT molecular complexity index is 606. The lowest BCUT2D eigenvalue weighted by atomic mass is 9.97. The fraction of sp³-hybridized carbons (Fsp3) is 0.706. The molecule has 1 aliphatic carbocycles. The van der Waals surface area contributed by atoms with Gasteiger partial charge in [-0.3, -0.25) is 14.3 Å². The number of piperidine rings is 1. The molecule has 126 valence electrons. The molecular weight excluding hydrogens is 294 g/mol. The van der Waals surface area contributed by atoms with Gasteiger partial charge in [0.1, 0.15) is 0 Å². The van der Waals surface area contributed by atoms with Crippen molar-refractivity contribution in [1.29, 1.82) is 0 Å². The Kier molecular flexibility index (Phi) is 4.41.